The molecule has 0 saturated carbocycles. The molecule has 0 aliphatic carbocycles. The summed E-state index contributed by atoms with van der Waals surface area (Å²) in [6.45, 7) is -0.368. The number of hydrogen-bond donors (Lipinski definition) is 2. The molecule has 1 saturated heterocycles. The van der Waals surface area contributed by atoms with Gasteiger partial charge in [0.25, 0.3) is 17.7 Å². The average Bonchev–Trinajstić information content (AvgIpc) is 2.95. The molecule has 0 atom stereocenters. The van der Waals surface area contributed by atoms with Crippen molar-refractivity contribution in [1.82, 2.24) is 5.43 Å². The van der Waals surface area contributed by atoms with Crippen LogP contribution in [-0.2, 0) is 14.4 Å². The van der Waals surface area contributed by atoms with Crippen molar-refractivity contribution >= 4 is 29.5 Å². The van der Waals surface area contributed by atoms with Gasteiger partial charge in [0.2, 0.25) is 0 Å². The number of carbonyl (C=O) groups excluding carboxylic acids is 3. The maximum Gasteiger partial charge on any atom is 0.282 e. The zero-order chi connectivity index (χ0) is 19.4. The molecule has 0 bridgehead atoms. The van der Waals surface area contributed by atoms with Crippen LogP contribution in [0.25, 0.3) is 6.08 Å². The van der Waals surface area contributed by atoms with Gasteiger partial charge in [-0.15, -0.1) is 0 Å². The van der Waals surface area contributed by atoms with Crippen LogP contribution in [-0.4, -0.2) is 31.4 Å². The van der Waals surface area contributed by atoms with Crippen LogP contribution in [0.3, 0.4) is 0 Å². The molecule has 0 spiro atoms. The molecular weight excluding hydrogens is 350 g/mol. The van der Waals surface area contributed by atoms with Crippen molar-refractivity contribution in [3.05, 3.63) is 59.7 Å². The third-order valence-corrected chi connectivity index (χ3v) is 3.79. The van der Waals surface area contributed by atoms with E-state index >= 15 is 0 Å². The summed E-state index contributed by atoms with van der Waals surface area (Å²) >= 11 is 0. The number of para-hydroxylation sites is 2. The third-order valence-electron chi connectivity index (χ3n) is 3.79. The summed E-state index contributed by atoms with van der Waals surface area (Å²) in [7, 11) is 1.44. The minimum absolute atomic E-state index is 0.0731. The Hall–Kier alpha value is -3.81. The van der Waals surface area contributed by atoms with E-state index in [0.717, 1.165) is 5.01 Å². The van der Waals surface area contributed by atoms with Crippen molar-refractivity contribution in [3.8, 4) is 11.5 Å². The summed E-state index contributed by atoms with van der Waals surface area (Å²) in [5, 5.41) is 1.16. The van der Waals surface area contributed by atoms with Crippen molar-refractivity contribution in [1.29, 1.82) is 0 Å². The normalized spacial score (nSPS) is 15.0. The molecule has 8 nitrogen and oxygen atoms in total. The fourth-order valence-electron chi connectivity index (χ4n) is 2.58. The number of nitrogens with one attached hydrogen (secondary N) is 1. The lowest BCUT2D eigenvalue weighted by Crippen LogP contribution is -2.35. The smallest absolute Gasteiger partial charge is 0.282 e. The quantitative estimate of drug-likeness (QED) is 0.585. The Bertz CT molecular complexity index is 924. The van der Waals surface area contributed by atoms with Crippen LogP contribution in [0.4, 0.5) is 5.69 Å². The zero-order valence-electron chi connectivity index (χ0n) is 14.5. The number of primary amides is 1. The highest BCUT2D eigenvalue weighted by Gasteiger charge is 2.34. The number of hydrogen-bond acceptors (Lipinski definition) is 5. The summed E-state index contributed by atoms with van der Waals surface area (Å²) in [6, 6.07) is 13.7. The summed E-state index contributed by atoms with van der Waals surface area (Å²) in [5.41, 5.74) is 8.52. The van der Waals surface area contributed by atoms with E-state index in [-0.39, 0.29) is 17.9 Å². The lowest BCUT2D eigenvalue weighted by molar-refractivity contribution is -0.120. The first-order valence-corrected chi connectivity index (χ1v) is 8.01. The van der Waals surface area contributed by atoms with Crippen LogP contribution >= 0.6 is 0 Å². The number of carbonyl (C=O) groups is 3. The molecule has 3 rings (SSSR count). The van der Waals surface area contributed by atoms with E-state index in [2.05, 4.69) is 5.43 Å². The second-order valence-corrected chi connectivity index (χ2v) is 5.61. The zero-order valence-corrected chi connectivity index (χ0v) is 14.5. The van der Waals surface area contributed by atoms with E-state index in [1.165, 1.54) is 13.2 Å². The number of ether oxygens (including phenoxy) is 2. The Kier molecular flexibility index (Phi) is 5.07. The van der Waals surface area contributed by atoms with Crippen molar-refractivity contribution in [2.24, 2.45) is 5.73 Å². The molecule has 1 fully saturated rings. The predicted molar refractivity (Wildman–Crippen MR) is 97.7 cm³/mol. The molecule has 1 heterocycles. The monoisotopic (exact) mass is 367 g/mol. The maximum atomic E-state index is 12.7. The standard InChI is InChI=1S/C19H17N3O5/c1-26-15-9-5-6-12(17(15)27-11-16(20)23)10-14-18(24)21-22(19(14)25)13-7-3-2-4-8-13/h2-10H,11H2,1H3,(H2,20,23)(H,21,24). The van der Waals surface area contributed by atoms with Crippen LogP contribution in [0.5, 0.6) is 11.5 Å². The molecule has 2 aromatic rings. The minimum Gasteiger partial charge on any atom is -0.493 e. The van der Waals surface area contributed by atoms with Gasteiger partial charge in [0, 0.05) is 5.56 Å². The highest BCUT2D eigenvalue weighted by molar-refractivity contribution is 6.31. The number of anilines is 1. The van der Waals surface area contributed by atoms with Crippen LogP contribution in [0.2, 0.25) is 0 Å². The molecule has 8 heteroatoms. The molecule has 1 aliphatic heterocycles. The van der Waals surface area contributed by atoms with E-state index in [1.807, 2.05) is 0 Å². The number of amides is 3. The van der Waals surface area contributed by atoms with E-state index < -0.39 is 17.7 Å². The lowest BCUT2D eigenvalue weighted by atomic mass is 10.1. The number of nitrogens with two attached hydrogens (primary N) is 1. The van der Waals surface area contributed by atoms with Crippen molar-refractivity contribution in [3.63, 3.8) is 0 Å². The maximum absolute atomic E-state index is 12.7. The van der Waals surface area contributed by atoms with Crippen molar-refractivity contribution < 1.29 is 23.9 Å². The number of methoxy groups -OCH3 is 1. The first-order chi connectivity index (χ1) is 13.0. The Morgan fingerprint density at radius 2 is 1.89 bits per heavy atom. The summed E-state index contributed by atoms with van der Waals surface area (Å²) in [5.74, 6) is -1.16. The fourth-order valence-corrected chi connectivity index (χ4v) is 2.58. The highest BCUT2D eigenvalue weighted by atomic mass is 16.5. The van der Waals surface area contributed by atoms with E-state index in [4.69, 9.17) is 15.2 Å². The molecule has 3 N–H and O–H groups in total. The summed E-state index contributed by atoms with van der Waals surface area (Å²) < 4.78 is 10.6. The van der Waals surface area contributed by atoms with E-state index in [9.17, 15) is 14.4 Å². The van der Waals surface area contributed by atoms with E-state index in [1.54, 1.807) is 48.5 Å². The van der Waals surface area contributed by atoms with Crippen molar-refractivity contribution in [2.45, 2.75) is 0 Å². The highest BCUT2D eigenvalue weighted by Crippen LogP contribution is 2.33. The summed E-state index contributed by atoms with van der Waals surface area (Å²) in [6.07, 6.45) is 1.39. The molecule has 27 heavy (non-hydrogen) atoms. The SMILES string of the molecule is COc1cccc(C=C2C(=O)NN(c3ccccc3)C2=O)c1OCC(N)=O. The van der Waals surface area contributed by atoms with Crippen LogP contribution in [0, 0.1) is 0 Å². The molecule has 1 aliphatic rings. The van der Waals surface area contributed by atoms with Gasteiger partial charge in [-0.3, -0.25) is 19.8 Å². The topological polar surface area (TPSA) is 111 Å². The Balaban J connectivity index is 1.97. The molecular formula is C19H17N3O5. The Morgan fingerprint density at radius 1 is 1.15 bits per heavy atom. The number of benzene rings is 2. The van der Waals surface area contributed by atoms with Crippen LogP contribution in [0.1, 0.15) is 5.56 Å². The molecule has 138 valence electrons. The number of hydrazine groups is 1. The van der Waals surface area contributed by atoms with Gasteiger partial charge in [0.15, 0.2) is 18.1 Å². The average molecular weight is 367 g/mol. The van der Waals surface area contributed by atoms with Crippen molar-refractivity contribution in [2.75, 3.05) is 18.7 Å². The second-order valence-electron chi connectivity index (χ2n) is 5.61. The van der Waals surface area contributed by atoms with Gasteiger partial charge in [-0.2, -0.15) is 0 Å². The van der Waals surface area contributed by atoms with Crippen LogP contribution in [0.15, 0.2) is 54.1 Å². The lowest BCUT2D eigenvalue weighted by Gasteiger charge is -2.14. The molecule has 0 radical (unpaired) electrons. The van der Waals surface area contributed by atoms with Gasteiger partial charge in [-0.05, 0) is 24.3 Å². The van der Waals surface area contributed by atoms with Gasteiger partial charge in [-0.25, -0.2) is 5.01 Å². The largest absolute Gasteiger partial charge is 0.493 e. The molecule has 3 amide bonds. The van der Waals surface area contributed by atoms with Gasteiger partial charge in [-0.1, -0.05) is 30.3 Å². The second kappa shape index (κ2) is 7.61. The van der Waals surface area contributed by atoms with Crippen LogP contribution < -0.4 is 25.6 Å². The molecule has 2 aromatic carbocycles. The Labute approximate surface area is 155 Å². The van der Waals surface area contributed by atoms with Gasteiger partial charge in [0.05, 0.1) is 12.8 Å². The number of rotatable bonds is 6. The third kappa shape index (κ3) is 3.74. The predicted octanol–water partition coefficient (Wildman–Crippen LogP) is 1.02. The summed E-state index contributed by atoms with van der Waals surface area (Å²) in [4.78, 5) is 36.0. The molecule has 0 unspecified atom stereocenters. The number of nitrogens with zero attached hydrogens (tertiary/aromatic N) is 1. The molecule has 0 aromatic heterocycles. The first kappa shape index (κ1) is 18.0. The van der Waals surface area contributed by atoms with Gasteiger partial charge in [0.1, 0.15) is 5.57 Å². The fraction of sp³-hybridized carbons (Fsp3) is 0.105. The van der Waals surface area contributed by atoms with Gasteiger partial charge < -0.3 is 15.2 Å². The first-order valence-electron chi connectivity index (χ1n) is 8.01. The Morgan fingerprint density at radius 3 is 2.56 bits per heavy atom. The minimum atomic E-state index is -0.663. The van der Waals surface area contributed by atoms with E-state index in [0.29, 0.717) is 17.0 Å². The van der Waals surface area contributed by atoms with Gasteiger partial charge >= 0.3 is 0 Å².